The van der Waals surface area contributed by atoms with Crippen LogP contribution in [0, 0.1) is 6.92 Å². The van der Waals surface area contributed by atoms with Crippen LogP contribution < -0.4 is 10.0 Å². The molecule has 0 aliphatic rings. The molecule has 128 valence electrons. The summed E-state index contributed by atoms with van der Waals surface area (Å²) in [6, 6.07) is 18.5. The third-order valence-electron chi connectivity index (χ3n) is 3.80. The molecule has 0 saturated heterocycles. The highest BCUT2D eigenvalue weighted by Gasteiger charge is 2.11. The van der Waals surface area contributed by atoms with Crippen LogP contribution in [0.5, 0.6) is 0 Å². The normalized spacial score (nSPS) is 11.3. The second-order valence-corrected chi connectivity index (χ2v) is 7.67. The van der Waals surface area contributed by atoms with Crippen LogP contribution in [0.3, 0.4) is 0 Å². The average Bonchev–Trinajstić information content (AvgIpc) is 2.55. The van der Waals surface area contributed by atoms with Gasteiger partial charge >= 0.3 is 0 Å². The first-order chi connectivity index (χ1) is 11.8. The Morgan fingerprint density at radius 2 is 1.64 bits per heavy atom. The molecule has 0 bridgehead atoms. The smallest absolute Gasteiger partial charge is 0.255 e. The van der Waals surface area contributed by atoms with Crippen LogP contribution in [0.15, 0.2) is 60.7 Å². The van der Waals surface area contributed by atoms with E-state index in [1.54, 1.807) is 19.1 Å². The quantitative estimate of drug-likeness (QED) is 0.749. The summed E-state index contributed by atoms with van der Waals surface area (Å²) in [6.45, 7) is 1.78. The van der Waals surface area contributed by atoms with Gasteiger partial charge in [-0.15, -0.1) is 0 Å². The Balaban J connectivity index is 1.86. The minimum absolute atomic E-state index is 0.299. The lowest BCUT2D eigenvalue weighted by Crippen LogP contribution is -2.14. The van der Waals surface area contributed by atoms with Crippen LogP contribution in [-0.4, -0.2) is 20.6 Å². The standard InChI is InChI=1S/C19H18N2O3S/c1-13-7-8-16(12-18(13)21-25(2,23)24)19(22)20-17-10-9-14-5-3-4-6-15(14)11-17/h3-12,21H,1-2H3,(H,20,22). The monoisotopic (exact) mass is 354 g/mol. The summed E-state index contributed by atoms with van der Waals surface area (Å²) in [5.74, 6) is -0.299. The van der Waals surface area contributed by atoms with E-state index in [1.165, 1.54) is 6.07 Å². The number of hydrogen-bond donors (Lipinski definition) is 2. The van der Waals surface area contributed by atoms with Gasteiger partial charge in [0.15, 0.2) is 0 Å². The van der Waals surface area contributed by atoms with E-state index in [-0.39, 0.29) is 5.91 Å². The average molecular weight is 354 g/mol. The van der Waals surface area contributed by atoms with E-state index < -0.39 is 10.0 Å². The first-order valence-electron chi connectivity index (χ1n) is 7.70. The zero-order valence-corrected chi connectivity index (χ0v) is 14.7. The van der Waals surface area contributed by atoms with Crippen molar-refractivity contribution in [1.82, 2.24) is 0 Å². The minimum Gasteiger partial charge on any atom is -0.322 e. The van der Waals surface area contributed by atoms with Gasteiger partial charge in [-0.05, 0) is 47.5 Å². The van der Waals surface area contributed by atoms with E-state index in [0.717, 1.165) is 22.6 Å². The number of carbonyl (C=O) groups excluding carboxylic acids is 1. The SMILES string of the molecule is Cc1ccc(C(=O)Nc2ccc3ccccc3c2)cc1NS(C)(=O)=O. The van der Waals surface area contributed by atoms with Crippen LogP contribution in [-0.2, 0) is 10.0 Å². The Morgan fingerprint density at radius 1 is 0.920 bits per heavy atom. The number of hydrogen-bond acceptors (Lipinski definition) is 3. The second-order valence-electron chi connectivity index (χ2n) is 5.92. The van der Waals surface area contributed by atoms with E-state index in [2.05, 4.69) is 10.0 Å². The zero-order valence-electron chi connectivity index (χ0n) is 13.9. The van der Waals surface area contributed by atoms with Gasteiger partial charge in [0.05, 0.1) is 11.9 Å². The number of carbonyl (C=O) groups is 1. The number of anilines is 2. The number of rotatable bonds is 4. The van der Waals surface area contributed by atoms with Crippen molar-refractivity contribution in [1.29, 1.82) is 0 Å². The molecular formula is C19H18N2O3S. The Hall–Kier alpha value is -2.86. The molecule has 0 saturated carbocycles. The molecule has 0 radical (unpaired) electrons. The fourth-order valence-electron chi connectivity index (χ4n) is 2.54. The van der Waals surface area contributed by atoms with Gasteiger partial charge in [-0.2, -0.15) is 0 Å². The van der Waals surface area contributed by atoms with Gasteiger partial charge in [-0.25, -0.2) is 8.42 Å². The fraction of sp³-hybridized carbons (Fsp3) is 0.105. The molecule has 0 heterocycles. The van der Waals surface area contributed by atoms with Gasteiger partial charge in [-0.1, -0.05) is 36.4 Å². The predicted octanol–water partition coefficient (Wildman–Crippen LogP) is 3.77. The van der Waals surface area contributed by atoms with Crippen molar-refractivity contribution < 1.29 is 13.2 Å². The molecule has 0 atom stereocenters. The molecule has 3 aromatic carbocycles. The Morgan fingerprint density at radius 3 is 2.36 bits per heavy atom. The summed E-state index contributed by atoms with van der Waals surface area (Å²) in [7, 11) is -3.41. The molecule has 0 aromatic heterocycles. The molecule has 6 heteroatoms. The summed E-state index contributed by atoms with van der Waals surface area (Å²) in [4.78, 5) is 12.5. The first-order valence-corrected chi connectivity index (χ1v) is 9.59. The fourth-order valence-corrected chi connectivity index (χ4v) is 3.16. The Labute approximate surface area is 146 Å². The highest BCUT2D eigenvalue weighted by Crippen LogP contribution is 2.21. The molecule has 0 aliphatic carbocycles. The van der Waals surface area contributed by atoms with E-state index in [0.29, 0.717) is 16.9 Å². The number of sulfonamides is 1. The number of nitrogens with one attached hydrogen (secondary N) is 2. The number of benzene rings is 3. The largest absolute Gasteiger partial charge is 0.322 e. The first kappa shape index (κ1) is 17.0. The van der Waals surface area contributed by atoms with E-state index in [4.69, 9.17) is 0 Å². The van der Waals surface area contributed by atoms with Crippen LogP contribution in [0.25, 0.3) is 10.8 Å². The number of aryl methyl sites for hydroxylation is 1. The lowest BCUT2D eigenvalue weighted by atomic mass is 10.1. The van der Waals surface area contributed by atoms with Gasteiger partial charge in [0.1, 0.15) is 0 Å². The summed E-state index contributed by atoms with van der Waals surface area (Å²) in [6.07, 6.45) is 1.08. The van der Waals surface area contributed by atoms with Crippen molar-refractivity contribution in [2.24, 2.45) is 0 Å². The number of amides is 1. The topological polar surface area (TPSA) is 75.3 Å². The highest BCUT2D eigenvalue weighted by molar-refractivity contribution is 7.92. The molecule has 0 aliphatic heterocycles. The molecule has 2 N–H and O–H groups in total. The molecule has 3 aromatic rings. The van der Waals surface area contributed by atoms with Crippen molar-refractivity contribution in [3.63, 3.8) is 0 Å². The van der Waals surface area contributed by atoms with Crippen molar-refractivity contribution in [3.8, 4) is 0 Å². The third-order valence-corrected chi connectivity index (χ3v) is 4.39. The lowest BCUT2D eigenvalue weighted by Gasteiger charge is -2.11. The lowest BCUT2D eigenvalue weighted by molar-refractivity contribution is 0.102. The van der Waals surface area contributed by atoms with Crippen LogP contribution >= 0.6 is 0 Å². The molecule has 5 nitrogen and oxygen atoms in total. The van der Waals surface area contributed by atoms with Crippen LogP contribution in [0.1, 0.15) is 15.9 Å². The maximum absolute atomic E-state index is 12.5. The van der Waals surface area contributed by atoms with Crippen molar-refractivity contribution in [2.45, 2.75) is 6.92 Å². The molecule has 25 heavy (non-hydrogen) atoms. The minimum atomic E-state index is -3.41. The maximum Gasteiger partial charge on any atom is 0.255 e. The van der Waals surface area contributed by atoms with Crippen molar-refractivity contribution >= 4 is 38.1 Å². The molecule has 0 spiro atoms. The zero-order chi connectivity index (χ0) is 18.0. The molecular weight excluding hydrogens is 336 g/mol. The van der Waals surface area contributed by atoms with E-state index in [9.17, 15) is 13.2 Å². The van der Waals surface area contributed by atoms with Crippen LogP contribution in [0.2, 0.25) is 0 Å². The van der Waals surface area contributed by atoms with Gasteiger partial charge < -0.3 is 5.32 Å². The summed E-state index contributed by atoms with van der Waals surface area (Å²) < 4.78 is 25.3. The van der Waals surface area contributed by atoms with Crippen molar-refractivity contribution in [2.75, 3.05) is 16.3 Å². The van der Waals surface area contributed by atoms with Gasteiger partial charge in [-0.3, -0.25) is 9.52 Å². The summed E-state index contributed by atoms with van der Waals surface area (Å²) in [5.41, 5.74) is 2.20. The third kappa shape index (κ3) is 4.16. The molecule has 3 rings (SSSR count). The maximum atomic E-state index is 12.5. The molecule has 0 unspecified atom stereocenters. The van der Waals surface area contributed by atoms with E-state index >= 15 is 0 Å². The molecule has 0 fully saturated rings. The summed E-state index contributed by atoms with van der Waals surface area (Å²) in [5, 5.41) is 4.97. The highest BCUT2D eigenvalue weighted by atomic mass is 32.2. The predicted molar refractivity (Wildman–Crippen MR) is 102 cm³/mol. The second kappa shape index (κ2) is 6.57. The molecule has 1 amide bonds. The van der Waals surface area contributed by atoms with Gasteiger partial charge in [0.2, 0.25) is 10.0 Å². The van der Waals surface area contributed by atoms with Gasteiger partial charge in [0, 0.05) is 11.3 Å². The number of fused-ring (bicyclic) bond motifs is 1. The van der Waals surface area contributed by atoms with E-state index in [1.807, 2.05) is 42.5 Å². The van der Waals surface area contributed by atoms with Crippen molar-refractivity contribution in [3.05, 3.63) is 71.8 Å². The Bertz CT molecular complexity index is 1060. The van der Waals surface area contributed by atoms with Crippen LogP contribution in [0.4, 0.5) is 11.4 Å². The Kier molecular flexibility index (Phi) is 4.46. The summed E-state index contributed by atoms with van der Waals surface area (Å²) >= 11 is 0. The van der Waals surface area contributed by atoms with Gasteiger partial charge in [0.25, 0.3) is 5.91 Å².